The topological polar surface area (TPSA) is 38.0 Å². The van der Waals surface area contributed by atoms with Crippen LogP contribution >= 0.6 is 0 Å². The molecular weight excluding hydrogens is 210 g/mol. The molecule has 16 heavy (non-hydrogen) atoms. The first-order valence-corrected chi connectivity index (χ1v) is 6.04. The SMILES string of the molecule is CC(C)CC(CN)(CC(C)C)NCC(F)F. The van der Waals surface area contributed by atoms with Gasteiger partial charge in [0.2, 0.25) is 0 Å². The highest BCUT2D eigenvalue weighted by molar-refractivity contribution is 4.91. The molecule has 2 nitrogen and oxygen atoms in total. The maximum Gasteiger partial charge on any atom is 0.250 e. The average Bonchev–Trinajstić information content (AvgIpc) is 2.12. The standard InChI is InChI=1S/C12H26F2N2/c1-9(2)5-12(8-15,6-10(3)4)16-7-11(13)14/h9-11,16H,5-8,15H2,1-4H3. The van der Waals surface area contributed by atoms with Crippen molar-refractivity contribution in [2.45, 2.75) is 52.5 Å². The summed E-state index contributed by atoms with van der Waals surface area (Å²) in [6, 6.07) is 0. The molecule has 0 aromatic rings. The maximum absolute atomic E-state index is 12.3. The number of alkyl halides is 2. The van der Waals surface area contributed by atoms with Crippen molar-refractivity contribution in [1.29, 1.82) is 0 Å². The Bertz CT molecular complexity index is 172. The van der Waals surface area contributed by atoms with Crippen LogP contribution in [0.15, 0.2) is 0 Å². The predicted molar refractivity (Wildman–Crippen MR) is 64.7 cm³/mol. The van der Waals surface area contributed by atoms with Crippen molar-refractivity contribution in [3.8, 4) is 0 Å². The number of hydrogen-bond donors (Lipinski definition) is 2. The minimum atomic E-state index is -2.31. The van der Waals surface area contributed by atoms with Crippen LogP contribution in [0.2, 0.25) is 0 Å². The van der Waals surface area contributed by atoms with Crippen LogP contribution in [-0.4, -0.2) is 25.1 Å². The molecule has 0 aliphatic rings. The molecule has 0 saturated heterocycles. The fraction of sp³-hybridized carbons (Fsp3) is 1.00. The van der Waals surface area contributed by atoms with Gasteiger partial charge in [0.1, 0.15) is 0 Å². The van der Waals surface area contributed by atoms with Gasteiger partial charge in [-0.1, -0.05) is 27.7 Å². The zero-order valence-corrected chi connectivity index (χ0v) is 10.9. The third kappa shape index (κ3) is 6.38. The minimum absolute atomic E-state index is 0.267. The fourth-order valence-corrected chi connectivity index (χ4v) is 2.32. The van der Waals surface area contributed by atoms with Gasteiger partial charge < -0.3 is 11.1 Å². The molecule has 4 heteroatoms. The Balaban J connectivity index is 4.53. The Hall–Kier alpha value is -0.220. The molecular formula is C12H26F2N2. The van der Waals surface area contributed by atoms with Crippen molar-refractivity contribution in [1.82, 2.24) is 5.32 Å². The Morgan fingerprint density at radius 1 is 1.06 bits per heavy atom. The lowest BCUT2D eigenvalue weighted by molar-refractivity contribution is 0.118. The number of nitrogens with one attached hydrogen (secondary N) is 1. The van der Waals surface area contributed by atoms with E-state index in [4.69, 9.17) is 5.73 Å². The number of nitrogens with two attached hydrogens (primary N) is 1. The van der Waals surface area contributed by atoms with Gasteiger partial charge in [0.05, 0.1) is 6.54 Å². The van der Waals surface area contributed by atoms with Gasteiger partial charge in [0.25, 0.3) is 6.43 Å². The van der Waals surface area contributed by atoms with Gasteiger partial charge in [0.15, 0.2) is 0 Å². The Morgan fingerprint density at radius 3 is 1.75 bits per heavy atom. The quantitative estimate of drug-likeness (QED) is 0.680. The van der Waals surface area contributed by atoms with E-state index in [0.717, 1.165) is 12.8 Å². The molecule has 0 aliphatic carbocycles. The van der Waals surface area contributed by atoms with Crippen LogP contribution in [0.25, 0.3) is 0 Å². The largest absolute Gasteiger partial charge is 0.329 e. The van der Waals surface area contributed by atoms with Crippen molar-refractivity contribution in [3.63, 3.8) is 0 Å². The van der Waals surface area contributed by atoms with E-state index in [1.807, 2.05) is 0 Å². The van der Waals surface area contributed by atoms with Crippen LogP contribution < -0.4 is 11.1 Å². The monoisotopic (exact) mass is 236 g/mol. The van der Waals surface area contributed by atoms with E-state index in [9.17, 15) is 8.78 Å². The van der Waals surface area contributed by atoms with E-state index in [-0.39, 0.29) is 12.1 Å². The molecule has 3 N–H and O–H groups in total. The van der Waals surface area contributed by atoms with E-state index in [0.29, 0.717) is 18.4 Å². The number of rotatable bonds is 8. The van der Waals surface area contributed by atoms with Crippen LogP contribution in [0.3, 0.4) is 0 Å². The third-order valence-electron chi connectivity index (χ3n) is 2.62. The lowest BCUT2D eigenvalue weighted by Gasteiger charge is -2.37. The summed E-state index contributed by atoms with van der Waals surface area (Å²) in [5, 5.41) is 2.97. The lowest BCUT2D eigenvalue weighted by atomic mass is 9.82. The molecule has 0 spiro atoms. The molecule has 0 atom stereocenters. The predicted octanol–water partition coefficient (Wildman–Crippen LogP) is 2.63. The second-order valence-corrected chi connectivity index (χ2v) is 5.45. The molecule has 0 rings (SSSR count). The van der Waals surface area contributed by atoms with Crippen molar-refractivity contribution in [3.05, 3.63) is 0 Å². The highest BCUT2D eigenvalue weighted by Crippen LogP contribution is 2.24. The smallest absolute Gasteiger partial charge is 0.250 e. The molecule has 0 amide bonds. The van der Waals surface area contributed by atoms with Gasteiger partial charge in [-0.25, -0.2) is 8.78 Å². The summed E-state index contributed by atoms with van der Waals surface area (Å²) in [6.45, 7) is 8.51. The van der Waals surface area contributed by atoms with E-state index in [2.05, 4.69) is 33.0 Å². The second kappa shape index (κ2) is 7.17. The molecule has 0 fully saturated rings. The van der Waals surface area contributed by atoms with E-state index >= 15 is 0 Å². The number of halogens is 2. The van der Waals surface area contributed by atoms with E-state index in [1.54, 1.807) is 0 Å². The first kappa shape index (κ1) is 15.8. The second-order valence-electron chi connectivity index (χ2n) is 5.45. The Kier molecular flexibility index (Phi) is 7.07. The fourth-order valence-electron chi connectivity index (χ4n) is 2.32. The van der Waals surface area contributed by atoms with Crippen LogP contribution in [0.5, 0.6) is 0 Å². The molecule has 0 aliphatic heterocycles. The van der Waals surface area contributed by atoms with E-state index in [1.165, 1.54) is 0 Å². The van der Waals surface area contributed by atoms with Crippen molar-refractivity contribution < 1.29 is 8.78 Å². The van der Waals surface area contributed by atoms with Gasteiger partial charge in [-0.15, -0.1) is 0 Å². The average molecular weight is 236 g/mol. The normalized spacial score (nSPS) is 13.1. The Morgan fingerprint density at radius 2 is 1.50 bits per heavy atom. The van der Waals surface area contributed by atoms with Crippen LogP contribution in [0.1, 0.15) is 40.5 Å². The highest BCUT2D eigenvalue weighted by atomic mass is 19.3. The Labute approximate surface area is 98.0 Å². The van der Waals surface area contributed by atoms with Gasteiger partial charge >= 0.3 is 0 Å². The summed E-state index contributed by atoms with van der Waals surface area (Å²) in [5.74, 6) is 0.903. The molecule has 0 bridgehead atoms. The van der Waals surface area contributed by atoms with Gasteiger partial charge in [-0.3, -0.25) is 0 Å². The van der Waals surface area contributed by atoms with Crippen molar-refractivity contribution >= 4 is 0 Å². The van der Waals surface area contributed by atoms with Gasteiger partial charge in [0, 0.05) is 12.1 Å². The molecule has 0 saturated carbocycles. The lowest BCUT2D eigenvalue weighted by Crippen LogP contribution is -2.54. The molecule has 0 aromatic heterocycles. The first-order valence-electron chi connectivity index (χ1n) is 6.04. The van der Waals surface area contributed by atoms with E-state index < -0.39 is 6.43 Å². The zero-order valence-electron chi connectivity index (χ0n) is 10.9. The van der Waals surface area contributed by atoms with Crippen LogP contribution in [-0.2, 0) is 0 Å². The highest BCUT2D eigenvalue weighted by Gasteiger charge is 2.30. The summed E-state index contributed by atoms with van der Waals surface area (Å²) >= 11 is 0. The van der Waals surface area contributed by atoms with Crippen LogP contribution in [0, 0.1) is 11.8 Å². The summed E-state index contributed by atoms with van der Waals surface area (Å²) in [4.78, 5) is 0. The van der Waals surface area contributed by atoms with Crippen molar-refractivity contribution in [2.24, 2.45) is 17.6 Å². The summed E-state index contributed by atoms with van der Waals surface area (Å²) < 4.78 is 24.5. The molecule has 98 valence electrons. The summed E-state index contributed by atoms with van der Waals surface area (Å²) in [6.07, 6.45) is -0.631. The zero-order chi connectivity index (χ0) is 12.8. The molecule has 0 unspecified atom stereocenters. The third-order valence-corrected chi connectivity index (χ3v) is 2.62. The maximum atomic E-state index is 12.3. The molecule has 0 aromatic carbocycles. The van der Waals surface area contributed by atoms with Gasteiger partial charge in [-0.05, 0) is 24.7 Å². The van der Waals surface area contributed by atoms with Crippen molar-refractivity contribution in [2.75, 3.05) is 13.1 Å². The summed E-state index contributed by atoms with van der Waals surface area (Å²) in [7, 11) is 0. The minimum Gasteiger partial charge on any atom is -0.329 e. The number of hydrogen-bond acceptors (Lipinski definition) is 2. The first-order chi connectivity index (χ1) is 7.31. The molecule has 0 radical (unpaired) electrons. The summed E-state index contributed by atoms with van der Waals surface area (Å²) in [5.41, 5.74) is 5.45. The van der Waals surface area contributed by atoms with Crippen LogP contribution in [0.4, 0.5) is 8.78 Å². The van der Waals surface area contributed by atoms with Gasteiger partial charge in [-0.2, -0.15) is 0 Å². The molecule has 0 heterocycles.